The molecule has 1 atom stereocenters. The molecule has 4 heteroatoms. The Kier molecular flexibility index (Phi) is 4.60. The normalized spacial score (nSPS) is 23.3. The van der Waals surface area contributed by atoms with Crippen molar-refractivity contribution in [3.05, 3.63) is 0 Å². The number of methoxy groups -OCH3 is 1. The van der Waals surface area contributed by atoms with Gasteiger partial charge in [0.25, 0.3) is 0 Å². The van der Waals surface area contributed by atoms with E-state index in [0.29, 0.717) is 12.6 Å². The summed E-state index contributed by atoms with van der Waals surface area (Å²) in [4.78, 5) is 10.8. The van der Waals surface area contributed by atoms with Gasteiger partial charge in [-0.3, -0.25) is 0 Å². The lowest BCUT2D eigenvalue weighted by Crippen LogP contribution is -2.40. The lowest BCUT2D eigenvalue weighted by atomic mass is 10.1. The average molecular weight is 186 g/mol. The SMILES string of the molecule is COC(=O)NCC1CCCCCN1. The summed E-state index contributed by atoms with van der Waals surface area (Å²) in [5, 5.41) is 6.10. The molecule has 1 aliphatic heterocycles. The summed E-state index contributed by atoms with van der Waals surface area (Å²) in [6.45, 7) is 1.74. The number of carbonyl (C=O) groups excluding carboxylic acids is 1. The van der Waals surface area contributed by atoms with Gasteiger partial charge in [0.15, 0.2) is 0 Å². The maximum absolute atomic E-state index is 10.8. The van der Waals surface area contributed by atoms with Crippen molar-refractivity contribution in [2.75, 3.05) is 20.2 Å². The smallest absolute Gasteiger partial charge is 0.406 e. The number of hydrogen-bond donors (Lipinski definition) is 2. The Labute approximate surface area is 79.0 Å². The van der Waals surface area contributed by atoms with Gasteiger partial charge in [0.1, 0.15) is 0 Å². The first-order valence-electron chi connectivity index (χ1n) is 4.88. The molecule has 13 heavy (non-hydrogen) atoms. The molecule has 76 valence electrons. The van der Waals surface area contributed by atoms with Gasteiger partial charge in [-0.05, 0) is 19.4 Å². The first-order valence-corrected chi connectivity index (χ1v) is 4.88. The van der Waals surface area contributed by atoms with Crippen LogP contribution in [0.2, 0.25) is 0 Å². The summed E-state index contributed by atoms with van der Waals surface area (Å²) in [6, 6.07) is 0.418. The van der Waals surface area contributed by atoms with Gasteiger partial charge >= 0.3 is 6.09 Å². The van der Waals surface area contributed by atoms with E-state index in [1.165, 1.54) is 26.4 Å². The lowest BCUT2D eigenvalue weighted by molar-refractivity contribution is 0.169. The van der Waals surface area contributed by atoms with Crippen LogP contribution in [0.25, 0.3) is 0 Å². The number of carbonyl (C=O) groups is 1. The highest BCUT2D eigenvalue weighted by atomic mass is 16.5. The van der Waals surface area contributed by atoms with Crippen LogP contribution in [0.4, 0.5) is 4.79 Å². The Morgan fingerprint density at radius 2 is 2.38 bits per heavy atom. The van der Waals surface area contributed by atoms with Crippen molar-refractivity contribution in [3.63, 3.8) is 0 Å². The fourth-order valence-corrected chi connectivity index (χ4v) is 1.55. The van der Waals surface area contributed by atoms with E-state index >= 15 is 0 Å². The maximum Gasteiger partial charge on any atom is 0.406 e. The first kappa shape index (κ1) is 10.3. The van der Waals surface area contributed by atoms with Gasteiger partial charge in [-0.1, -0.05) is 12.8 Å². The second-order valence-corrected chi connectivity index (χ2v) is 3.37. The van der Waals surface area contributed by atoms with Gasteiger partial charge in [0.05, 0.1) is 7.11 Å². The molecule has 0 saturated carbocycles. The summed E-state index contributed by atoms with van der Waals surface area (Å²) >= 11 is 0. The molecular formula is C9H18N2O2. The molecule has 0 aromatic heterocycles. The molecule has 4 nitrogen and oxygen atoms in total. The molecule has 2 N–H and O–H groups in total. The minimum absolute atomic E-state index is 0.342. The second kappa shape index (κ2) is 5.80. The van der Waals surface area contributed by atoms with Crippen molar-refractivity contribution in [2.45, 2.75) is 31.7 Å². The summed E-state index contributed by atoms with van der Waals surface area (Å²) in [5.74, 6) is 0. The zero-order valence-corrected chi connectivity index (χ0v) is 8.14. The highest BCUT2D eigenvalue weighted by Crippen LogP contribution is 2.07. The molecule has 1 saturated heterocycles. The van der Waals surface area contributed by atoms with Crippen LogP contribution >= 0.6 is 0 Å². The van der Waals surface area contributed by atoms with Gasteiger partial charge in [-0.25, -0.2) is 4.79 Å². The molecule has 0 bridgehead atoms. The maximum atomic E-state index is 10.8. The van der Waals surface area contributed by atoms with Crippen molar-refractivity contribution >= 4 is 6.09 Å². The molecule has 1 aliphatic rings. The molecule has 1 heterocycles. The fraction of sp³-hybridized carbons (Fsp3) is 0.889. The van der Waals surface area contributed by atoms with Crippen LogP contribution in [0.3, 0.4) is 0 Å². The van der Waals surface area contributed by atoms with Crippen molar-refractivity contribution in [3.8, 4) is 0 Å². The number of alkyl carbamates (subject to hydrolysis) is 1. The Bertz CT molecular complexity index is 154. The number of amides is 1. The molecule has 1 amide bonds. The highest BCUT2D eigenvalue weighted by Gasteiger charge is 2.11. The van der Waals surface area contributed by atoms with Crippen LogP contribution in [0.5, 0.6) is 0 Å². The second-order valence-electron chi connectivity index (χ2n) is 3.37. The van der Waals surface area contributed by atoms with E-state index in [2.05, 4.69) is 15.4 Å². The van der Waals surface area contributed by atoms with Crippen LogP contribution in [0.15, 0.2) is 0 Å². The van der Waals surface area contributed by atoms with E-state index in [1.807, 2.05) is 0 Å². The molecule has 0 spiro atoms. The zero-order valence-electron chi connectivity index (χ0n) is 8.14. The average Bonchev–Trinajstić information content (AvgIpc) is 2.42. The van der Waals surface area contributed by atoms with E-state index in [-0.39, 0.29) is 6.09 Å². The third-order valence-corrected chi connectivity index (χ3v) is 2.34. The van der Waals surface area contributed by atoms with E-state index < -0.39 is 0 Å². The molecule has 1 fully saturated rings. The van der Waals surface area contributed by atoms with Crippen molar-refractivity contribution in [1.82, 2.24) is 10.6 Å². The fourth-order valence-electron chi connectivity index (χ4n) is 1.55. The quantitative estimate of drug-likeness (QED) is 0.673. The van der Waals surface area contributed by atoms with Crippen LogP contribution in [-0.4, -0.2) is 32.3 Å². The number of ether oxygens (including phenoxy) is 1. The van der Waals surface area contributed by atoms with Crippen molar-refractivity contribution in [2.24, 2.45) is 0 Å². The minimum Gasteiger partial charge on any atom is -0.453 e. The van der Waals surface area contributed by atoms with Gasteiger partial charge in [0, 0.05) is 12.6 Å². The molecule has 0 aliphatic carbocycles. The van der Waals surface area contributed by atoms with Crippen LogP contribution < -0.4 is 10.6 Å². The largest absolute Gasteiger partial charge is 0.453 e. The Morgan fingerprint density at radius 3 is 3.15 bits per heavy atom. The van der Waals surface area contributed by atoms with E-state index in [9.17, 15) is 4.79 Å². The van der Waals surface area contributed by atoms with Crippen molar-refractivity contribution in [1.29, 1.82) is 0 Å². The van der Waals surface area contributed by atoms with Gasteiger partial charge in [0.2, 0.25) is 0 Å². The third kappa shape index (κ3) is 4.12. The van der Waals surface area contributed by atoms with Crippen molar-refractivity contribution < 1.29 is 9.53 Å². The Balaban J connectivity index is 2.15. The van der Waals surface area contributed by atoms with E-state index in [4.69, 9.17) is 0 Å². The minimum atomic E-state index is -0.342. The van der Waals surface area contributed by atoms with Crippen LogP contribution in [0.1, 0.15) is 25.7 Å². The standard InChI is InChI=1S/C9H18N2O2/c1-13-9(12)11-7-8-5-3-2-4-6-10-8/h8,10H,2-7H2,1H3,(H,11,12). The first-order chi connectivity index (χ1) is 6.33. The topological polar surface area (TPSA) is 50.4 Å². The van der Waals surface area contributed by atoms with Crippen LogP contribution in [-0.2, 0) is 4.74 Å². The molecule has 0 aromatic carbocycles. The predicted molar refractivity (Wildman–Crippen MR) is 50.7 cm³/mol. The number of rotatable bonds is 2. The summed E-state index contributed by atoms with van der Waals surface area (Å²) in [7, 11) is 1.38. The van der Waals surface area contributed by atoms with Gasteiger partial charge in [-0.2, -0.15) is 0 Å². The van der Waals surface area contributed by atoms with Gasteiger partial charge < -0.3 is 15.4 Å². The predicted octanol–water partition coefficient (Wildman–Crippen LogP) is 0.875. The summed E-state index contributed by atoms with van der Waals surface area (Å²) in [5.41, 5.74) is 0. The summed E-state index contributed by atoms with van der Waals surface area (Å²) in [6.07, 6.45) is 4.59. The monoisotopic (exact) mass is 186 g/mol. The van der Waals surface area contributed by atoms with Gasteiger partial charge in [-0.15, -0.1) is 0 Å². The lowest BCUT2D eigenvalue weighted by Gasteiger charge is -2.15. The molecule has 1 unspecified atom stereocenters. The molecule has 1 rings (SSSR count). The zero-order chi connectivity index (χ0) is 9.52. The third-order valence-electron chi connectivity index (χ3n) is 2.34. The van der Waals surface area contributed by atoms with E-state index in [1.54, 1.807) is 0 Å². The van der Waals surface area contributed by atoms with Crippen LogP contribution in [0, 0.1) is 0 Å². The molecule has 0 aromatic rings. The Morgan fingerprint density at radius 1 is 1.54 bits per heavy atom. The number of hydrogen-bond acceptors (Lipinski definition) is 3. The number of nitrogens with one attached hydrogen (secondary N) is 2. The Hall–Kier alpha value is -0.770. The highest BCUT2D eigenvalue weighted by molar-refractivity contribution is 5.66. The van der Waals surface area contributed by atoms with E-state index in [0.717, 1.165) is 13.0 Å². The molecule has 0 radical (unpaired) electrons. The molecular weight excluding hydrogens is 168 g/mol. The summed E-state index contributed by atoms with van der Waals surface area (Å²) < 4.78 is 4.49.